The molecule has 0 aliphatic rings. The van der Waals surface area contributed by atoms with Gasteiger partial charge in [-0.15, -0.1) is 0 Å². The molecule has 2 nitrogen and oxygen atoms in total. The molecule has 0 aliphatic carbocycles. The first-order valence-electron chi connectivity index (χ1n) is 5.26. The molecular formula is C12H17F2NO. The number of halogens is 2. The van der Waals surface area contributed by atoms with E-state index in [0.29, 0.717) is 11.3 Å². The zero-order valence-electron chi connectivity index (χ0n) is 9.71. The zero-order chi connectivity index (χ0) is 12.1. The van der Waals surface area contributed by atoms with Gasteiger partial charge < -0.3 is 10.1 Å². The fourth-order valence-corrected chi connectivity index (χ4v) is 1.49. The molecule has 1 aromatic rings. The predicted octanol–water partition coefficient (Wildman–Crippen LogP) is 3.00. The van der Waals surface area contributed by atoms with E-state index >= 15 is 0 Å². The van der Waals surface area contributed by atoms with Gasteiger partial charge in [-0.1, -0.05) is 12.1 Å². The largest absolute Gasteiger partial charge is 0.491 e. The summed E-state index contributed by atoms with van der Waals surface area (Å²) in [6.45, 7) is 3.80. The third-order valence-electron chi connectivity index (χ3n) is 2.15. The summed E-state index contributed by atoms with van der Waals surface area (Å²) in [6, 6.07) is 5.85. The molecule has 1 rings (SSSR count). The van der Waals surface area contributed by atoms with Crippen molar-refractivity contribution in [2.75, 3.05) is 7.05 Å². The van der Waals surface area contributed by atoms with Crippen molar-refractivity contribution in [2.24, 2.45) is 0 Å². The van der Waals surface area contributed by atoms with E-state index in [4.69, 9.17) is 4.74 Å². The van der Waals surface area contributed by atoms with E-state index in [2.05, 4.69) is 5.32 Å². The maximum absolute atomic E-state index is 12.7. The molecule has 0 amide bonds. The third-order valence-corrected chi connectivity index (χ3v) is 2.15. The molecule has 0 heterocycles. The Labute approximate surface area is 94.6 Å². The zero-order valence-corrected chi connectivity index (χ0v) is 9.71. The van der Waals surface area contributed by atoms with Crippen LogP contribution in [0.3, 0.4) is 0 Å². The van der Waals surface area contributed by atoms with Crippen LogP contribution in [0, 0.1) is 0 Å². The molecule has 1 unspecified atom stereocenters. The van der Waals surface area contributed by atoms with Gasteiger partial charge in [-0.3, -0.25) is 0 Å². The van der Waals surface area contributed by atoms with Crippen molar-refractivity contribution < 1.29 is 13.5 Å². The second-order valence-electron chi connectivity index (χ2n) is 3.84. The maximum Gasteiger partial charge on any atom is 0.257 e. The highest BCUT2D eigenvalue weighted by Gasteiger charge is 2.20. The molecule has 1 aromatic carbocycles. The monoisotopic (exact) mass is 229 g/mol. The van der Waals surface area contributed by atoms with Gasteiger partial charge in [0.15, 0.2) is 0 Å². The highest BCUT2D eigenvalue weighted by atomic mass is 19.3. The van der Waals surface area contributed by atoms with Crippen LogP contribution in [-0.4, -0.2) is 19.6 Å². The van der Waals surface area contributed by atoms with E-state index in [9.17, 15) is 8.78 Å². The molecule has 16 heavy (non-hydrogen) atoms. The van der Waals surface area contributed by atoms with Crippen molar-refractivity contribution in [3.8, 4) is 5.75 Å². The van der Waals surface area contributed by atoms with Crippen LogP contribution in [-0.2, 0) is 0 Å². The lowest BCUT2D eigenvalue weighted by atomic mass is 10.1. The van der Waals surface area contributed by atoms with Crippen LogP contribution in [0.4, 0.5) is 8.78 Å². The number of nitrogens with one attached hydrogen (secondary N) is 1. The van der Waals surface area contributed by atoms with Crippen LogP contribution in [0.5, 0.6) is 5.75 Å². The summed E-state index contributed by atoms with van der Waals surface area (Å²) >= 11 is 0. The van der Waals surface area contributed by atoms with Crippen molar-refractivity contribution in [3.05, 3.63) is 29.8 Å². The molecule has 0 radical (unpaired) electrons. The lowest BCUT2D eigenvalue weighted by molar-refractivity contribution is 0.102. The van der Waals surface area contributed by atoms with Crippen LogP contribution in [0.15, 0.2) is 24.3 Å². The fraction of sp³-hybridized carbons (Fsp3) is 0.500. The van der Waals surface area contributed by atoms with Crippen LogP contribution in [0.25, 0.3) is 0 Å². The lowest BCUT2D eigenvalue weighted by Gasteiger charge is -2.17. The predicted molar refractivity (Wildman–Crippen MR) is 60.0 cm³/mol. The summed E-state index contributed by atoms with van der Waals surface area (Å²) in [5.41, 5.74) is 0.538. The SMILES string of the molecule is CNC(c1cccc(OC(C)C)c1)C(F)F. The Hall–Kier alpha value is -1.16. The molecule has 90 valence electrons. The maximum atomic E-state index is 12.7. The first kappa shape index (κ1) is 12.9. The second kappa shape index (κ2) is 5.80. The van der Waals surface area contributed by atoms with Gasteiger partial charge in [-0.2, -0.15) is 0 Å². The Bertz CT molecular complexity index is 329. The van der Waals surface area contributed by atoms with Gasteiger partial charge in [0.1, 0.15) is 5.75 Å². The van der Waals surface area contributed by atoms with Crippen LogP contribution in [0.2, 0.25) is 0 Å². The van der Waals surface area contributed by atoms with Crippen molar-refractivity contribution in [2.45, 2.75) is 32.4 Å². The van der Waals surface area contributed by atoms with Crippen molar-refractivity contribution in [1.82, 2.24) is 5.32 Å². The standard InChI is InChI=1S/C12H17F2NO/c1-8(2)16-10-6-4-5-9(7-10)11(15-3)12(13)14/h4-8,11-12,15H,1-3H3. The summed E-state index contributed by atoms with van der Waals surface area (Å²) in [6.07, 6.45) is -2.39. The Morgan fingerprint density at radius 2 is 1.94 bits per heavy atom. The summed E-state index contributed by atoms with van der Waals surface area (Å²) in [7, 11) is 1.52. The van der Waals surface area contributed by atoms with Gasteiger partial charge in [0.05, 0.1) is 12.1 Å². The number of hydrogen-bond donors (Lipinski definition) is 1. The van der Waals surface area contributed by atoms with E-state index in [0.717, 1.165) is 0 Å². The van der Waals surface area contributed by atoms with Crippen LogP contribution >= 0.6 is 0 Å². The highest BCUT2D eigenvalue weighted by Crippen LogP contribution is 2.24. The number of alkyl halides is 2. The van der Waals surface area contributed by atoms with Crippen LogP contribution in [0.1, 0.15) is 25.5 Å². The number of rotatable bonds is 5. The van der Waals surface area contributed by atoms with E-state index in [1.807, 2.05) is 13.8 Å². The van der Waals surface area contributed by atoms with E-state index < -0.39 is 12.5 Å². The molecular weight excluding hydrogens is 212 g/mol. The second-order valence-corrected chi connectivity index (χ2v) is 3.84. The van der Waals surface area contributed by atoms with Gasteiger partial charge in [0, 0.05) is 0 Å². The van der Waals surface area contributed by atoms with Crippen LogP contribution < -0.4 is 10.1 Å². The Kier molecular flexibility index (Phi) is 4.68. The molecule has 4 heteroatoms. The summed E-state index contributed by atoms with van der Waals surface area (Å²) in [5, 5.41) is 2.59. The molecule has 0 spiro atoms. The van der Waals surface area contributed by atoms with Crippen molar-refractivity contribution in [1.29, 1.82) is 0 Å². The number of ether oxygens (including phenoxy) is 1. The van der Waals surface area contributed by atoms with Gasteiger partial charge in [-0.25, -0.2) is 8.78 Å². The number of hydrogen-bond acceptors (Lipinski definition) is 2. The Morgan fingerprint density at radius 3 is 2.44 bits per heavy atom. The minimum absolute atomic E-state index is 0.0369. The highest BCUT2D eigenvalue weighted by molar-refractivity contribution is 5.31. The molecule has 0 aromatic heterocycles. The number of benzene rings is 1. The summed E-state index contributed by atoms with van der Waals surface area (Å²) in [4.78, 5) is 0. The van der Waals surface area contributed by atoms with E-state index in [-0.39, 0.29) is 6.10 Å². The first-order valence-corrected chi connectivity index (χ1v) is 5.26. The van der Waals surface area contributed by atoms with Crippen molar-refractivity contribution >= 4 is 0 Å². The normalized spacial score (nSPS) is 13.2. The first-order chi connectivity index (χ1) is 7.54. The molecule has 1 atom stereocenters. The third kappa shape index (κ3) is 3.45. The molecule has 0 aliphatic heterocycles. The quantitative estimate of drug-likeness (QED) is 0.838. The Morgan fingerprint density at radius 1 is 1.25 bits per heavy atom. The van der Waals surface area contributed by atoms with Gasteiger partial charge in [0.2, 0.25) is 0 Å². The fourth-order valence-electron chi connectivity index (χ4n) is 1.49. The molecule has 0 saturated heterocycles. The smallest absolute Gasteiger partial charge is 0.257 e. The molecule has 0 fully saturated rings. The lowest BCUT2D eigenvalue weighted by Crippen LogP contribution is -2.23. The summed E-state index contributed by atoms with van der Waals surface area (Å²) in [5.74, 6) is 0.619. The van der Waals surface area contributed by atoms with Gasteiger partial charge in [-0.05, 0) is 38.6 Å². The minimum Gasteiger partial charge on any atom is -0.491 e. The topological polar surface area (TPSA) is 21.3 Å². The minimum atomic E-state index is -2.43. The van der Waals surface area contributed by atoms with E-state index in [1.165, 1.54) is 7.05 Å². The van der Waals surface area contributed by atoms with E-state index in [1.54, 1.807) is 24.3 Å². The average Bonchev–Trinajstić information content (AvgIpc) is 2.17. The molecule has 0 bridgehead atoms. The average molecular weight is 229 g/mol. The Balaban J connectivity index is 2.88. The van der Waals surface area contributed by atoms with Crippen molar-refractivity contribution in [3.63, 3.8) is 0 Å². The molecule has 0 saturated carbocycles. The summed E-state index contributed by atoms with van der Waals surface area (Å²) < 4.78 is 30.8. The molecule has 1 N–H and O–H groups in total. The van der Waals surface area contributed by atoms with Gasteiger partial charge >= 0.3 is 0 Å². The van der Waals surface area contributed by atoms with Gasteiger partial charge in [0.25, 0.3) is 6.43 Å².